The van der Waals surface area contributed by atoms with E-state index < -0.39 is 6.03 Å². The van der Waals surface area contributed by atoms with Gasteiger partial charge in [-0.25, -0.2) is 4.79 Å². The third-order valence-corrected chi connectivity index (χ3v) is 2.61. The van der Waals surface area contributed by atoms with Crippen LogP contribution in [0.1, 0.15) is 51.9 Å². The van der Waals surface area contributed by atoms with Crippen molar-refractivity contribution in [3.8, 4) is 0 Å². The normalized spacial score (nSPS) is 10.2. The molecule has 0 saturated heterocycles. The number of guanidine groups is 1. The van der Waals surface area contributed by atoms with E-state index in [1.54, 1.807) is 0 Å². The Labute approximate surface area is 116 Å². The number of ether oxygens (including phenoxy) is 1. The summed E-state index contributed by atoms with van der Waals surface area (Å²) < 4.78 is 5.47. The minimum atomic E-state index is -0.504. The molecular weight excluding hydrogens is 244 g/mol. The third-order valence-electron chi connectivity index (χ3n) is 2.61. The predicted octanol–water partition coefficient (Wildman–Crippen LogP) is 1.74. The number of amides is 2. The largest absolute Gasteiger partial charge is 0.381 e. The molecule has 0 aromatic carbocycles. The lowest BCUT2D eigenvalue weighted by Gasteiger charge is -2.05. The minimum absolute atomic E-state index is 0.225. The van der Waals surface area contributed by atoms with Crippen molar-refractivity contribution in [1.82, 2.24) is 5.32 Å². The van der Waals surface area contributed by atoms with Gasteiger partial charge in [-0.1, -0.05) is 39.0 Å². The second-order valence-electron chi connectivity index (χ2n) is 4.50. The molecule has 5 N–H and O–H groups in total. The number of nitrogens with zero attached hydrogens (tertiary/aromatic N) is 1. The Kier molecular flexibility index (Phi) is 12.2. The maximum Gasteiger partial charge on any atom is 0.344 e. The van der Waals surface area contributed by atoms with Crippen LogP contribution in [0.5, 0.6) is 0 Å². The highest BCUT2D eigenvalue weighted by atomic mass is 16.5. The molecule has 0 aromatic rings. The SMILES string of the molecule is CCCCCCCCOCCCNC(=O)N=C(N)N. The molecule has 0 aliphatic heterocycles. The van der Waals surface area contributed by atoms with Crippen LogP contribution < -0.4 is 16.8 Å². The monoisotopic (exact) mass is 272 g/mol. The van der Waals surface area contributed by atoms with E-state index in [1.165, 1.54) is 32.1 Å². The fourth-order valence-corrected chi connectivity index (χ4v) is 1.61. The summed E-state index contributed by atoms with van der Waals surface area (Å²) in [6.07, 6.45) is 8.35. The molecular formula is C13H28N4O2. The van der Waals surface area contributed by atoms with E-state index >= 15 is 0 Å². The van der Waals surface area contributed by atoms with Crippen LogP contribution in [0.4, 0.5) is 4.79 Å². The molecule has 0 saturated carbocycles. The molecule has 0 radical (unpaired) electrons. The van der Waals surface area contributed by atoms with E-state index in [0.29, 0.717) is 13.2 Å². The van der Waals surface area contributed by atoms with Crippen molar-refractivity contribution in [1.29, 1.82) is 0 Å². The van der Waals surface area contributed by atoms with Crippen LogP contribution in [0.25, 0.3) is 0 Å². The first-order chi connectivity index (χ1) is 9.16. The van der Waals surface area contributed by atoms with Crippen molar-refractivity contribution in [3.05, 3.63) is 0 Å². The van der Waals surface area contributed by atoms with Crippen molar-refractivity contribution >= 4 is 12.0 Å². The van der Waals surface area contributed by atoms with Crippen molar-refractivity contribution < 1.29 is 9.53 Å². The number of hydrogen-bond donors (Lipinski definition) is 3. The smallest absolute Gasteiger partial charge is 0.344 e. The van der Waals surface area contributed by atoms with Crippen molar-refractivity contribution in [2.45, 2.75) is 51.9 Å². The molecule has 0 spiro atoms. The third kappa shape index (κ3) is 14.6. The van der Waals surface area contributed by atoms with Crippen molar-refractivity contribution in [3.63, 3.8) is 0 Å². The maximum atomic E-state index is 11.0. The van der Waals surface area contributed by atoms with Crippen LogP contribution in [0.3, 0.4) is 0 Å². The van der Waals surface area contributed by atoms with E-state index in [9.17, 15) is 4.79 Å². The number of nitrogens with one attached hydrogen (secondary N) is 1. The molecule has 0 rings (SSSR count). The number of rotatable bonds is 11. The van der Waals surface area contributed by atoms with Gasteiger partial charge in [0.25, 0.3) is 0 Å². The van der Waals surface area contributed by atoms with Gasteiger partial charge in [0.1, 0.15) is 0 Å². The highest BCUT2D eigenvalue weighted by molar-refractivity contribution is 5.90. The second kappa shape index (κ2) is 13.1. The molecule has 0 heterocycles. The van der Waals surface area contributed by atoms with E-state index in [1.807, 2.05) is 0 Å². The van der Waals surface area contributed by atoms with Gasteiger partial charge in [-0.05, 0) is 12.8 Å². The molecule has 0 fully saturated rings. The molecule has 0 aliphatic carbocycles. The number of nitrogens with two attached hydrogens (primary N) is 2. The number of carbonyl (C=O) groups is 1. The first kappa shape index (κ1) is 17.7. The Balaban J connectivity index is 3.15. The molecule has 0 unspecified atom stereocenters. The van der Waals surface area contributed by atoms with Crippen LogP contribution >= 0.6 is 0 Å². The first-order valence-electron chi connectivity index (χ1n) is 7.12. The molecule has 0 aliphatic rings. The highest BCUT2D eigenvalue weighted by Gasteiger charge is 1.97. The molecule has 112 valence electrons. The number of carbonyl (C=O) groups excluding carboxylic acids is 1. The average molecular weight is 272 g/mol. The highest BCUT2D eigenvalue weighted by Crippen LogP contribution is 2.04. The van der Waals surface area contributed by atoms with Crippen LogP contribution in [0.15, 0.2) is 4.99 Å². The zero-order valence-electron chi connectivity index (χ0n) is 12.0. The van der Waals surface area contributed by atoms with Crippen molar-refractivity contribution in [2.24, 2.45) is 16.5 Å². The minimum Gasteiger partial charge on any atom is -0.381 e. The molecule has 19 heavy (non-hydrogen) atoms. The molecule has 6 heteroatoms. The summed E-state index contributed by atoms with van der Waals surface area (Å²) in [5, 5.41) is 2.57. The Morgan fingerprint density at radius 1 is 1.05 bits per heavy atom. The topological polar surface area (TPSA) is 103 Å². The summed E-state index contributed by atoms with van der Waals surface area (Å²) in [6.45, 7) is 4.19. The van der Waals surface area contributed by atoms with Gasteiger partial charge in [0, 0.05) is 19.8 Å². The zero-order valence-corrected chi connectivity index (χ0v) is 12.0. The second-order valence-corrected chi connectivity index (χ2v) is 4.50. The summed E-state index contributed by atoms with van der Waals surface area (Å²) >= 11 is 0. The van der Waals surface area contributed by atoms with Gasteiger partial charge >= 0.3 is 6.03 Å². The lowest BCUT2D eigenvalue weighted by atomic mass is 10.1. The molecule has 0 bridgehead atoms. The van der Waals surface area contributed by atoms with E-state index in [4.69, 9.17) is 16.2 Å². The Bertz CT molecular complexity index is 253. The van der Waals surface area contributed by atoms with Gasteiger partial charge in [-0.2, -0.15) is 4.99 Å². The predicted molar refractivity (Wildman–Crippen MR) is 78.0 cm³/mol. The fourth-order valence-electron chi connectivity index (χ4n) is 1.61. The summed E-state index contributed by atoms with van der Waals surface area (Å²) in [4.78, 5) is 14.4. The van der Waals surface area contributed by atoms with Gasteiger partial charge in [-0.3, -0.25) is 0 Å². The molecule has 6 nitrogen and oxygen atoms in total. The van der Waals surface area contributed by atoms with Gasteiger partial charge < -0.3 is 21.5 Å². The van der Waals surface area contributed by atoms with Crippen LogP contribution in [0.2, 0.25) is 0 Å². The van der Waals surface area contributed by atoms with E-state index in [-0.39, 0.29) is 5.96 Å². The molecule has 0 aromatic heterocycles. The molecule has 0 atom stereocenters. The maximum absolute atomic E-state index is 11.0. The summed E-state index contributed by atoms with van der Waals surface area (Å²) in [7, 11) is 0. The number of urea groups is 1. The molecule has 2 amide bonds. The van der Waals surface area contributed by atoms with Gasteiger partial charge in [0.15, 0.2) is 5.96 Å². The van der Waals surface area contributed by atoms with Gasteiger partial charge in [0.05, 0.1) is 0 Å². The Hall–Kier alpha value is -1.30. The van der Waals surface area contributed by atoms with Crippen LogP contribution in [-0.2, 0) is 4.74 Å². The number of hydrogen-bond acceptors (Lipinski definition) is 2. The van der Waals surface area contributed by atoms with Gasteiger partial charge in [0.2, 0.25) is 0 Å². The van der Waals surface area contributed by atoms with Crippen LogP contribution in [0, 0.1) is 0 Å². The average Bonchev–Trinajstić information content (AvgIpc) is 2.35. The quantitative estimate of drug-likeness (QED) is 0.303. The van der Waals surface area contributed by atoms with Gasteiger partial charge in [-0.15, -0.1) is 0 Å². The lowest BCUT2D eigenvalue weighted by Crippen LogP contribution is -2.29. The number of aliphatic imine (C=N–C) groups is 1. The lowest BCUT2D eigenvalue weighted by molar-refractivity contribution is 0.127. The first-order valence-corrected chi connectivity index (χ1v) is 7.12. The fraction of sp³-hybridized carbons (Fsp3) is 0.846. The Morgan fingerprint density at radius 2 is 1.68 bits per heavy atom. The van der Waals surface area contributed by atoms with E-state index in [2.05, 4.69) is 17.2 Å². The number of unbranched alkanes of at least 4 members (excludes halogenated alkanes) is 5. The zero-order chi connectivity index (χ0) is 14.3. The summed E-state index contributed by atoms with van der Waals surface area (Å²) in [6, 6.07) is -0.504. The van der Waals surface area contributed by atoms with Crippen molar-refractivity contribution in [2.75, 3.05) is 19.8 Å². The van der Waals surface area contributed by atoms with Crippen LogP contribution in [-0.4, -0.2) is 31.7 Å². The summed E-state index contributed by atoms with van der Waals surface area (Å²) in [5.41, 5.74) is 10.1. The van der Waals surface area contributed by atoms with E-state index in [0.717, 1.165) is 19.4 Å². The Morgan fingerprint density at radius 3 is 2.37 bits per heavy atom. The standard InChI is InChI=1S/C13H28N4O2/c1-2-3-4-5-6-7-10-19-11-8-9-16-13(18)17-12(14)15/h2-11H2,1H3,(H5,14,15,16,17,18). The summed E-state index contributed by atoms with van der Waals surface area (Å²) in [5.74, 6) is -0.225.